The van der Waals surface area contributed by atoms with Crippen LogP contribution in [-0.4, -0.2) is 42.8 Å². The summed E-state index contributed by atoms with van der Waals surface area (Å²) in [5, 5.41) is 1.18. The number of aromatic nitrogens is 1. The van der Waals surface area contributed by atoms with Gasteiger partial charge in [0.05, 0.1) is 12.1 Å². The van der Waals surface area contributed by atoms with E-state index in [-0.39, 0.29) is 6.10 Å². The average Bonchev–Trinajstić information content (AvgIpc) is 2.61. The summed E-state index contributed by atoms with van der Waals surface area (Å²) in [6.45, 7) is 7.60. The maximum absolute atomic E-state index is 6.04. The molecule has 0 saturated heterocycles. The maximum Gasteiger partial charge on any atom is 0.218 e. The first kappa shape index (κ1) is 14.3. The number of methoxy groups -OCH3 is 1. The van der Waals surface area contributed by atoms with E-state index in [1.807, 2.05) is 0 Å². The van der Waals surface area contributed by atoms with E-state index in [1.54, 1.807) is 7.11 Å². The lowest BCUT2D eigenvalue weighted by molar-refractivity contribution is 0.116. The van der Waals surface area contributed by atoms with E-state index >= 15 is 0 Å². The molecular weight excluding hydrogens is 264 g/mol. The van der Waals surface area contributed by atoms with Gasteiger partial charge in [0.15, 0.2) is 0 Å². The summed E-state index contributed by atoms with van der Waals surface area (Å²) >= 11 is 0. The van der Waals surface area contributed by atoms with E-state index in [1.165, 1.54) is 10.9 Å². The largest absolute Gasteiger partial charge is 0.473 e. The van der Waals surface area contributed by atoms with Crippen LogP contribution in [0.4, 0.5) is 0 Å². The van der Waals surface area contributed by atoms with Crippen molar-refractivity contribution in [2.24, 2.45) is 0 Å². The molecule has 21 heavy (non-hydrogen) atoms. The second-order valence-corrected chi connectivity index (χ2v) is 5.76. The molecule has 0 aliphatic carbocycles. The molecule has 0 amide bonds. The average molecular weight is 286 g/mol. The van der Waals surface area contributed by atoms with E-state index in [0.29, 0.717) is 0 Å². The van der Waals surface area contributed by atoms with Crippen molar-refractivity contribution >= 4 is 10.9 Å². The predicted octanol–water partition coefficient (Wildman–Crippen LogP) is 2.77. The number of fused-ring (bicyclic) bond motifs is 2. The monoisotopic (exact) mass is 286 g/mol. The summed E-state index contributed by atoms with van der Waals surface area (Å²) in [6.07, 6.45) is 0.136. The third-order valence-electron chi connectivity index (χ3n) is 3.92. The summed E-state index contributed by atoms with van der Waals surface area (Å²) in [4.78, 5) is 7.12. The van der Waals surface area contributed by atoms with Crippen molar-refractivity contribution in [1.29, 1.82) is 0 Å². The molecule has 1 aliphatic heterocycles. The predicted molar refractivity (Wildman–Crippen MR) is 83.7 cm³/mol. The molecule has 1 aliphatic rings. The van der Waals surface area contributed by atoms with Crippen molar-refractivity contribution in [3.8, 4) is 5.88 Å². The Morgan fingerprint density at radius 1 is 1.43 bits per heavy atom. The van der Waals surface area contributed by atoms with Gasteiger partial charge >= 0.3 is 0 Å². The van der Waals surface area contributed by atoms with Crippen LogP contribution < -0.4 is 4.74 Å². The zero-order valence-corrected chi connectivity index (χ0v) is 12.9. The zero-order valence-electron chi connectivity index (χ0n) is 12.9. The Bertz CT molecular complexity index is 642. The standard InChI is InChI=1S/C17H22N2O2/c1-12-5-4-6-14-9-15-11-19(7-8-20-3)10-13(2)21-17(15)18-16(12)14/h4-6,9,13H,7-8,10-11H2,1-3H3. The molecule has 4 heteroatoms. The lowest BCUT2D eigenvalue weighted by Crippen LogP contribution is -2.33. The Labute approximate surface area is 125 Å². The molecule has 1 aromatic heterocycles. The van der Waals surface area contributed by atoms with Crippen LogP contribution in [0, 0.1) is 6.92 Å². The van der Waals surface area contributed by atoms with Crippen molar-refractivity contribution in [2.45, 2.75) is 26.5 Å². The highest BCUT2D eigenvalue weighted by Crippen LogP contribution is 2.28. The maximum atomic E-state index is 6.04. The Morgan fingerprint density at radius 2 is 2.29 bits per heavy atom. The topological polar surface area (TPSA) is 34.6 Å². The fourth-order valence-electron chi connectivity index (χ4n) is 2.88. The second-order valence-electron chi connectivity index (χ2n) is 5.76. The van der Waals surface area contributed by atoms with Crippen molar-refractivity contribution in [3.05, 3.63) is 35.4 Å². The van der Waals surface area contributed by atoms with Crippen LogP contribution in [-0.2, 0) is 11.3 Å². The normalized spacial score (nSPS) is 19.1. The highest BCUT2D eigenvalue weighted by atomic mass is 16.5. The molecule has 0 bridgehead atoms. The number of hydrogen-bond acceptors (Lipinski definition) is 4. The molecular formula is C17H22N2O2. The fourth-order valence-corrected chi connectivity index (χ4v) is 2.88. The summed E-state index contributed by atoms with van der Waals surface area (Å²) in [5.74, 6) is 0.782. The molecule has 112 valence electrons. The SMILES string of the molecule is COCCN1Cc2cc3cccc(C)c3nc2OC(C)C1. The van der Waals surface area contributed by atoms with Crippen LogP contribution in [0.2, 0.25) is 0 Å². The van der Waals surface area contributed by atoms with Crippen LogP contribution in [0.5, 0.6) is 5.88 Å². The van der Waals surface area contributed by atoms with Gasteiger partial charge in [-0.25, -0.2) is 4.98 Å². The molecule has 2 heterocycles. The smallest absolute Gasteiger partial charge is 0.218 e. The molecule has 0 saturated carbocycles. The van der Waals surface area contributed by atoms with Crippen molar-refractivity contribution < 1.29 is 9.47 Å². The van der Waals surface area contributed by atoms with Gasteiger partial charge in [0.25, 0.3) is 0 Å². The fraction of sp³-hybridized carbons (Fsp3) is 0.471. The lowest BCUT2D eigenvalue weighted by atomic mass is 10.1. The molecule has 0 fully saturated rings. The van der Waals surface area contributed by atoms with Gasteiger partial charge < -0.3 is 9.47 Å². The minimum Gasteiger partial charge on any atom is -0.473 e. The molecule has 1 unspecified atom stereocenters. The molecule has 0 radical (unpaired) electrons. The lowest BCUT2D eigenvalue weighted by Gasteiger charge is -2.20. The Hall–Kier alpha value is -1.65. The number of hydrogen-bond donors (Lipinski definition) is 0. The van der Waals surface area contributed by atoms with Gasteiger partial charge in [0.1, 0.15) is 6.10 Å². The first-order valence-electron chi connectivity index (χ1n) is 7.44. The molecule has 1 atom stereocenters. The molecule has 3 rings (SSSR count). The van der Waals surface area contributed by atoms with Crippen molar-refractivity contribution in [3.63, 3.8) is 0 Å². The first-order chi connectivity index (χ1) is 10.2. The quantitative estimate of drug-likeness (QED) is 0.869. The third kappa shape index (κ3) is 3.01. The number of para-hydroxylation sites is 1. The Morgan fingerprint density at radius 3 is 3.10 bits per heavy atom. The molecule has 0 N–H and O–H groups in total. The van der Waals surface area contributed by atoms with Gasteiger partial charge in [-0.1, -0.05) is 18.2 Å². The van der Waals surface area contributed by atoms with Gasteiger partial charge in [0, 0.05) is 37.7 Å². The van der Waals surface area contributed by atoms with Crippen molar-refractivity contribution in [1.82, 2.24) is 9.88 Å². The molecule has 1 aromatic carbocycles. The van der Waals surface area contributed by atoms with Crippen LogP contribution in [0.15, 0.2) is 24.3 Å². The summed E-state index contributed by atoms with van der Waals surface area (Å²) in [5.41, 5.74) is 3.38. The van der Waals surface area contributed by atoms with E-state index in [2.05, 4.69) is 43.0 Å². The number of rotatable bonds is 3. The van der Waals surface area contributed by atoms with Crippen molar-refractivity contribution in [2.75, 3.05) is 26.8 Å². The van der Waals surface area contributed by atoms with Gasteiger partial charge in [-0.05, 0) is 25.5 Å². The Balaban J connectivity index is 1.99. The van der Waals surface area contributed by atoms with Crippen LogP contribution in [0.1, 0.15) is 18.1 Å². The van der Waals surface area contributed by atoms with E-state index in [0.717, 1.165) is 43.2 Å². The van der Waals surface area contributed by atoms with Crippen LogP contribution in [0.25, 0.3) is 10.9 Å². The van der Waals surface area contributed by atoms with Crippen LogP contribution >= 0.6 is 0 Å². The summed E-state index contributed by atoms with van der Waals surface area (Å²) in [7, 11) is 1.74. The molecule has 0 spiro atoms. The number of pyridine rings is 1. The molecule has 2 aromatic rings. The van der Waals surface area contributed by atoms with Gasteiger partial charge in [-0.2, -0.15) is 0 Å². The van der Waals surface area contributed by atoms with E-state index in [9.17, 15) is 0 Å². The third-order valence-corrected chi connectivity index (χ3v) is 3.92. The minimum absolute atomic E-state index is 0.136. The first-order valence-corrected chi connectivity index (χ1v) is 7.44. The number of ether oxygens (including phenoxy) is 2. The molecule has 4 nitrogen and oxygen atoms in total. The minimum atomic E-state index is 0.136. The van der Waals surface area contributed by atoms with Gasteiger partial charge in [0.2, 0.25) is 5.88 Å². The van der Waals surface area contributed by atoms with Gasteiger partial charge in [-0.3, -0.25) is 4.90 Å². The highest BCUT2D eigenvalue weighted by Gasteiger charge is 2.21. The van der Waals surface area contributed by atoms with E-state index in [4.69, 9.17) is 14.5 Å². The number of benzene rings is 1. The van der Waals surface area contributed by atoms with Crippen LogP contribution in [0.3, 0.4) is 0 Å². The summed E-state index contributed by atoms with van der Waals surface area (Å²) in [6, 6.07) is 8.49. The second kappa shape index (κ2) is 6.00. The number of aryl methyl sites for hydroxylation is 1. The Kier molecular flexibility index (Phi) is 4.08. The number of nitrogens with zero attached hydrogens (tertiary/aromatic N) is 2. The van der Waals surface area contributed by atoms with Gasteiger partial charge in [-0.15, -0.1) is 0 Å². The highest BCUT2D eigenvalue weighted by molar-refractivity contribution is 5.83. The van der Waals surface area contributed by atoms with E-state index < -0.39 is 0 Å². The zero-order chi connectivity index (χ0) is 14.8. The summed E-state index contributed by atoms with van der Waals surface area (Å²) < 4.78 is 11.2.